The third-order valence-corrected chi connectivity index (χ3v) is 4.97. The number of amides is 2. The van der Waals surface area contributed by atoms with E-state index >= 15 is 0 Å². The molecule has 2 fully saturated rings. The number of piperazine rings is 1. The van der Waals surface area contributed by atoms with Gasteiger partial charge in [-0.2, -0.15) is 0 Å². The van der Waals surface area contributed by atoms with Crippen molar-refractivity contribution in [3.8, 4) is 0 Å². The minimum absolute atomic E-state index is 0.0366. The molecule has 4 nitrogen and oxygen atoms in total. The zero-order chi connectivity index (χ0) is 15.6. The molecule has 2 atom stereocenters. The van der Waals surface area contributed by atoms with E-state index in [1.807, 2.05) is 25.7 Å². The van der Waals surface area contributed by atoms with E-state index in [1.54, 1.807) is 0 Å². The predicted molar refractivity (Wildman–Crippen MR) is 83.8 cm³/mol. The maximum Gasteiger partial charge on any atom is 0.249 e. The lowest BCUT2D eigenvalue weighted by molar-refractivity contribution is -0.157. The fourth-order valence-electron chi connectivity index (χ4n) is 3.50. The maximum atomic E-state index is 13.0. The average molecular weight is 294 g/mol. The van der Waals surface area contributed by atoms with Gasteiger partial charge in [0.1, 0.15) is 11.6 Å². The molecule has 21 heavy (non-hydrogen) atoms. The fraction of sp³-hybridized carbons (Fsp3) is 0.882. The molecule has 2 aliphatic rings. The van der Waals surface area contributed by atoms with Gasteiger partial charge in [-0.25, -0.2) is 0 Å². The van der Waals surface area contributed by atoms with Gasteiger partial charge in [-0.3, -0.25) is 9.59 Å². The zero-order valence-electron chi connectivity index (χ0n) is 13.9. The summed E-state index contributed by atoms with van der Waals surface area (Å²) in [6.07, 6.45) is 6.61. The first kappa shape index (κ1) is 16.3. The number of carbonyl (C=O) groups excluding carboxylic acids is 2. The topological polar surface area (TPSA) is 49.4 Å². The van der Waals surface area contributed by atoms with Crippen molar-refractivity contribution in [3.63, 3.8) is 0 Å². The highest BCUT2D eigenvalue weighted by molar-refractivity contribution is 6.00. The Hall–Kier alpha value is -1.06. The largest absolute Gasteiger partial charge is 0.340 e. The van der Waals surface area contributed by atoms with Crippen molar-refractivity contribution < 1.29 is 9.59 Å². The zero-order valence-corrected chi connectivity index (χ0v) is 13.9. The normalized spacial score (nSPS) is 30.0. The number of rotatable bonds is 7. The maximum absolute atomic E-state index is 13.0. The average Bonchev–Trinajstić information content (AvgIpc) is 3.24. The Morgan fingerprint density at radius 2 is 1.90 bits per heavy atom. The standard InChI is InChI=1S/C17H30N2O2/c1-5-6-7-8-11-19-14(12(2)3)15(20)18-17(4,16(19)21)13-9-10-13/h12-14H,5-11H2,1-4H3,(H,18,20). The Labute approximate surface area is 128 Å². The Bertz CT molecular complexity index is 404. The number of hydrogen-bond acceptors (Lipinski definition) is 2. The molecule has 1 heterocycles. The summed E-state index contributed by atoms with van der Waals surface area (Å²) in [5.41, 5.74) is -0.659. The molecule has 0 bridgehead atoms. The first-order chi connectivity index (χ1) is 9.91. The molecule has 0 aromatic heterocycles. The summed E-state index contributed by atoms with van der Waals surface area (Å²) in [5.74, 6) is 0.665. The summed E-state index contributed by atoms with van der Waals surface area (Å²) < 4.78 is 0. The lowest BCUT2D eigenvalue weighted by atomic mass is 9.86. The Morgan fingerprint density at radius 3 is 2.43 bits per heavy atom. The Kier molecular flexibility index (Phi) is 4.95. The molecule has 120 valence electrons. The van der Waals surface area contributed by atoms with Crippen LogP contribution in [0, 0.1) is 11.8 Å². The van der Waals surface area contributed by atoms with Crippen LogP contribution in [0.3, 0.4) is 0 Å². The first-order valence-electron chi connectivity index (χ1n) is 8.55. The van der Waals surface area contributed by atoms with Crippen LogP contribution in [0.15, 0.2) is 0 Å². The third kappa shape index (κ3) is 3.24. The van der Waals surface area contributed by atoms with Gasteiger partial charge in [-0.05, 0) is 38.0 Å². The molecular weight excluding hydrogens is 264 g/mol. The van der Waals surface area contributed by atoms with Gasteiger partial charge in [-0.1, -0.05) is 40.0 Å². The van der Waals surface area contributed by atoms with Crippen molar-refractivity contribution in [1.29, 1.82) is 0 Å². The molecule has 0 aromatic rings. The van der Waals surface area contributed by atoms with Crippen LogP contribution in [0.4, 0.5) is 0 Å². The van der Waals surface area contributed by atoms with Crippen molar-refractivity contribution in [2.75, 3.05) is 6.54 Å². The Balaban J connectivity index is 2.12. The van der Waals surface area contributed by atoms with Crippen LogP contribution in [0.5, 0.6) is 0 Å². The van der Waals surface area contributed by atoms with Gasteiger partial charge in [0.25, 0.3) is 0 Å². The van der Waals surface area contributed by atoms with E-state index in [1.165, 1.54) is 12.8 Å². The molecular formula is C17H30N2O2. The number of carbonyl (C=O) groups is 2. The van der Waals surface area contributed by atoms with E-state index in [0.717, 1.165) is 32.2 Å². The minimum Gasteiger partial charge on any atom is -0.340 e. The number of nitrogens with zero attached hydrogens (tertiary/aromatic N) is 1. The van der Waals surface area contributed by atoms with Gasteiger partial charge in [0.2, 0.25) is 11.8 Å². The van der Waals surface area contributed by atoms with Gasteiger partial charge in [-0.15, -0.1) is 0 Å². The number of hydrogen-bond donors (Lipinski definition) is 1. The quantitative estimate of drug-likeness (QED) is 0.734. The highest BCUT2D eigenvalue weighted by Gasteiger charge is 2.55. The molecule has 1 aliphatic heterocycles. The highest BCUT2D eigenvalue weighted by atomic mass is 16.2. The molecule has 1 saturated carbocycles. The van der Waals surface area contributed by atoms with Gasteiger partial charge in [0.15, 0.2) is 0 Å². The molecule has 2 amide bonds. The summed E-state index contributed by atoms with van der Waals surface area (Å²) in [6.45, 7) is 8.87. The minimum atomic E-state index is -0.659. The smallest absolute Gasteiger partial charge is 0.249 e. The lowest BCUT2D eigenvalue weighted by Gasteiger charge is -2.46. The van der Waals surface area contributed by atoms with E-state index in [9.17, 15) is 9.59 Å². The van der Waals surface area contributed by atoms with Crippen LogP contribution in [0.2, 0.25) is 0 Å². The molecule has 0 radical (unpaired) electrons. The van der Waals surface area contributed by atoms with E-state index in [2.05, 4.69) is 12.2 Å². The van der Waals surface area contributed by atoms with Crippen molar-refractivity contribution >= 4 is 11.8 Å². The summed E-state index contributed by atoms with van der Waals surface area (Å²) in [7, 11) is 0. The van der Waals surface area contributed by atoms with Crippen LogP contribution in [0.25, 0.3) is 0 Å². The third-order valence-electron chi connectivity index (χ3n) is 4.97. The SMILES string of the molecule is CCCCCCN1C(=O)C(C)(C2CC2)NC(=O)C1C(C)C. The second-order valence-electron chi connectivity index (χ2n) is 7.21. The first-order valence-corrected chi connectivity index (χ1v) is 8.55. The number of nitrogens with one attached hydrogen (secondary N) is 1. The van der Waals surface area contributed by atoms with Gasteiger partial charge < -0.3 is 10.2 Å². The predicted octanol–water partition coefficient (Wildman–Crippen LogP) is 2.72. The van der Waals surface area contributed by atoms with Crippen LogP contribution < -0.4 is 5.32 Å². The Morgan fingerprint density at radius 1 is 1.24 bits per heavy atom. The van der Waals surface area contributed by atoms with E-state index < -0.39 is 5.54 Å². The van der Waals surface area contributed by atoms with E-state index in [-0.39, 0.29) is 23.8 Å². The van der Waals surface area contributed by atoms with Crippen LogP contribution in [-0.4, -0.2) is 34.8 Å². The monoisotopic (exact) mass is 294 g/mol. The summed E-state index contributed by atoms with van der Waals surface area (Å²) >= 11 is 0. The number of unbranched alkanes of at least 4 members (excludes halogenated alkanes) is 3. The second-order valence-corrected chi connectivity index (χ2v) is 7.21. The molecule has 1 saturated heterocycles. The van der Waals surface area contributed by atoms with Gasteiger partial charge >= 0.3 is 0 Å². The fourth-order valence-corrected chi connectivity index (χ4v) is 3.50. The lowest BCUT2D eigenvalue weighted by Crippen LogP contribution is -2.71. The summed E-state index contributed by atoms with van der Waals surface area (Å²) in [5, 5.41) is 3.04. The second kappa shape index (κ2) is 6.37. The van der Waals surface area contributed by atoms with Gasteiger partial charge in [0, 0.05) is 6.54 Å². The van der Waals surface area contributed by atoms with E-state index in [4.69, 9.17) is 0 Å². The highest BCUT2D eigenvalue weighted by Crippen LogP contribution is 2.42. The van der Waals surface area contributed by atoms with Crippen LogP contribution >= 0.6 is 0 Å². The van der Waals surface area contributed by atoms with Crippen molar-refractivity contribution in [3.05, 3.63) is 0 Å². The summed E-state index contributed by atoms with van der Waals surface area (Å²) in [6, 6.07) is -0.300. The van der Waals surface area contributed by atoms with Crippen LogP contribution in [-0.2, 0) is 9.59 Å². The molecule has 2 rings (SSSR count). The molecule has 2 unspecified atom stereocenters. The van der Waals surface area contributed by atoms with Crippen LogP contribution in [0.1, 0.15) is 66.2 Å². The summed E-state index contributed by atoms with van der Waals surface area (Å²) in [4.78, 5) is 27.4. The van der Waals surface area contributed by atoms with Crippen molar-refractivity contribution in [1.82, 2.24) is 10.2 Å². The molecule has 1 aliphatic carbocycles. The van der Waals surface area contributed by atoms with Crippen molar-refractivity contribution in [2.24, 2.45) is 11.8 Å². The molecule has 4 heteroatoms. The molecule has 0 spiro atoms. The van der Waals surface area contributed by atoms with Gasteiger partial charge in [0.05, 0.1) is 0 Å². The van der Waals surface area contributed by atoms with E-state index in [0.29, 0.717) is 5.92 Å². The molecule has 1 N–H and O–H groups in total. The molecule has 0 aromatic carbocycles. The van der Waals surface area contributed by atoms with Crippen molar-refractivity contribution in [2.45, 2.75) is 77.8 Å².